The molecule has 1 aliphatic rings. The van der Waals surface area contributed by atoms with Crippen molar-refractivity contribution in [1.82, 2.24) is 4.57 Å². The van der Waals surface area contributed by atoms with E-state index in [-0.39, 0.29) is 11.9 Å². The third kappa shape index (κ3) is 2.40. The highest BCUT2D eigenvalue weighted by Gasteiger charge is 2.19. The molecule has 0 saturated heterocycles. The Morgan fingerprint density at radius 2 is 2.21 bits per heavy atom. The van der Waals surface area contributed by atoms with Crippen LogP contribution in [0.2, 0.25) is 5.02 Å². The normalized spacial score (nSPS) is 18.4. The lowest BCUT2D eigenvalue weighted by molar-refractivity contribution is 0.573. The number of rotatable bonds is 2. The SMILES string of the molecule is NC1CCCc2cn(Cc3c(F)cccc3Cl)cc21. The maximum Gasteiger partial charge on any atom is 0.129 e. The van der Waals surface area contributed by atoms with Gasteiger partial charge in [-0.25, -0.2) is 4.39 Å². The zero-order valence-corrected chi connectivity index (χ0v) is 11.3. The van der Waals surface area contributed by atoms with E-state index in [1.807, 2.05) is 10.8 Å². The minimum absolute atomic E-state index is 0.112. The molecule has 19 heavy (non-hydrogen) atoms. The fraction of sp³-hybridized carbons (Fsp3) is 0.333. The Morgan fingerprint density at radius 3 is 2.95 bits per heavy atom. The fourth-order valence-electron chi connectivity index (χ4n) is 2.74. The first kappa shape index (κ1) is 12.7. The molecular formula is C15H16ClFN2. The predicted octanol–water partition coefficient (Wildman–Crippen LogP) is 3.67. The monoisotopic (exact) mass is 278 g/mol. The quantitative estimate of drug-likeness (QED) is 0.893. The molecule has 0 fully saturated rings. The van der Waals surface area contributed by atoms with Gasteiger partial charge >= 0.3 is 0 Å². The Kier molecular flexibility index (Phi) is 3.33. The van der Waals surface area contributed by atoms with Crippen LogP contribution in [0.3, 0.4) is 0 Å². The van der Waals surface area contributed by atoms with Crippen LogP contribution in [-0.2, 0) is 13.0 Å². The maximum atomic E-state index is 13.8. The van der Waals surface area contributed by atoms with Crippen LogP contribution in [0, 0.1) is 5.82 Å². The van der Waals surface area contributed by atoms with Crippen molar-refractivity contribution in [1.29, 1.82) is 0 Å². The lowest BCUT2D eigenvalue weighted by Gasteiger charge is -2.17. The Labute approximate surface area is 117 Å². The molecule has 2 aromatic rings. The molecule has 1 aliphatic carbocycles. The lowest BCUT2D eigenvalue weighted by atomic mass is 9.92. The molecule has 2 nitrogen and oxygen atoms in total. The molecule has 4 heteroatoms. The van der Waals surface area contributed by atoms with E-state index < -0.39 is 0 Å². The summed E-state index contributed by atoms with van der Waals surface area (Å²) < 4.78 is 15.8. The number of aromatic nitrogens is 1. The van der Waals surface area contributed by atoms with Crippen LogP contribution in [0.25, 0.3) is 0 Å². The van der Waals surface area contributed by atoms with Crippen LogP contribution in [-0.4, -0.2) is 4.57 Å². The highest BCUT2D eigenvalue weighted by atomic mass is 35.5. The van der Waals surface area contributed by atoms with E-state index >= 15 is 0 Å². The first-order valence-corrected chi connectivity index (χ1v) is 6.90. The largest absolute Gasteiger partial charge is 0.349 e. The summed E-state index contributed by atoms with van der Waals surface area (Å²) in [6.07, 6.45) is 7.30. The summed E-state index contributed by atoms with van der Waals surface area (Å²) in [4.78, 5) is 0. The van der Waals surface area contributed by atoms with Gasteiger partial charge in [-0.3, -0.25) is 0 Å². The molecule has 2 N–H and O–H groups in total. The van der Waals surface area contributed by atoms with Gasteiger partial charge in [0.15, 0.2) is 0 Å². The molecule has 1 atom stereocenters. The van der Waals surface area contributed by atoms with Gasteiger partial charge in [0, 0.05) is 29.0 Å². The van der Waals surface area contributed by atoms with Crippen molar-refractivity contribution in [2.75, 3.05) is 0 Å². The summed E-state index contributed by atoms with van der Waals surface area (Å²) >= 11 is 6.06. The molecule has 1 aromatic carbocycles. The predicted molar refractivity (Wildman–Crippen MR) is 74.8 cm³/mol. The number of fused-ring (bicyclic) bond motifs is 1. The highest BCUT2D eigenvalue weighted by Crippen LogP contribution is 2.29. The van der Waals surface area contributed by atoms with Gasteiger partial charge in [0.25, 0.3) is 0 Å². The van der Waals surface area contributed by atoms with Crippen molar-refractivity contribution in [3.05, 3.63) is 58.1 Å². The number of halogens is 2. The summed E-state index contributed by atoms with van der Waals surface area (Å²) in [6, 6.07) is 4.89. The van der Waals surface area contributed by atoms with Gasteiger partial charge in [-0.05, 0) is 42.5 Å². The van der Waals surface area contributed by atoms with Crippen molar-refractivity contribution in [3.63, 3.8) is 0 Å². The first-order chi connectivity index (χ1) is 9.15. The molecule has 0 bridgehead atoms. The molecule has 0 radical (unpaired) electrons. The highest BCUT2D eigenvalue weighted by molar-refractivity contribution is 6.31. The molecule has 0 amide bonds. The van der Waals surface area contributed by atoms with Gasteiger partial charge in [-0.2, -0.15) is 0 Å². The van der Waals surface area contributed by atoms with E-state index in [1.165, 1.54) is 17.2 Å². The average Bonchev–Trinajstić information content (AvgIpc) is 2.78. The number of benzene rings is 1. The molecule has 0 saturated carbocycles. The van der Waals surface area contributed by atoms with Crippen LogP contribution >= 0.6 is 11.6 Å². The van der Waals surface area contributed by atoms with Gasteiger partial charge in [-0.15, -0.1) is 0 Å². The third-order valence-electron chi connectivity index (χ3n) is 3.76. The molecule has 3 rings (SSSR count). The number of aryl methyl sites for hydroxylation is 1. The van der Waals surface area contributed by atoms with E-state index in [0.29, 0.717) is 17.1 Å². The Morgan fingerprint density at radius 1 is 1.37 bits per heavy atom. The third-order valence-corrected chi connectivity index (χ3v) is 4.11. The fourth-order valence-corrected chi connectivity index (χ4v) is 2.96. The van der Waals surface area contributed by atoms with E-state index in [2.05, 4.69) is 6.20 Å². The topological polar surface area (TPSA) is 30.9 Å². The second-order valence-electron chi connectivity index (χ2n) is 5.11. The summed E-state index contributed by atoms with van der Waals surface area (Å²) in [7, 11) is 0. The number of nitrogens with two attached hydrogens (primary N) is 1. The zero-order chi connectivity index (χ0) is 13.4. The van der Waals surface area contributed by atoms with Crippen LogP contribution in [0.4, 0.5) is 4.39 Å². The second-order valence-corrected chi connectivity index (χ2v) is 5.52. The summed E-state index contributed by atoms with van der Waals surface area (Å²) in [6.45, 7) is 0.450. The standard InChI is InChI=1S/C15H16ClFN2/c16-13-4-2-5-14(17)12(13)9-19-7-10-3-1-6-15(18)11(10)8-19/h2,4-5,7-8,15H,1,3,6,9,18H2. The number of nitrogens with zero attached hydrogens (tertiary/aromatic N) is 1. The summed E-state index contributed by atoms with van der Waals surface area (Å²) in [5.74, 6) is -0.261. The Bertz CT molecular complexity index is 586. The number of hydrogen-bond acceptors (Lipinski definition) is 1. The minimum Gasteiger partial charge on any atom is -0.349 e. The number of hydrogen-bond donors (Lipinski definition) is 1. The lowest BCUT2D eigenvalue weighted by Crippen LogP contribution is -2.15. The van der Waals surface area contributed by atoms with Gasteiger partial charge < -0.3 is 10.3 Å². The van der Waals surface area contributed by atoms with Crippen molar-refractivity contribution in [3.8, 4) is 0 Å². The van der Waals surface area contributed by atoms with Gasteiger partial charge in [0.1, 0.15) is 5.82 Å². The second kappa shape index (κ2) is 4.99. The molecule has 0 spiro atoms. The minimum atomic E-state index is -0.261. The molecule has 100 valence electrons. The van der Waals surface area contributed by atoms with Crippen LogP contribution in [0.15, 0.2) is 30.6 Å². The van der Waals surface area contributed by atoms with Crippen molar-refractivity contribution in [2.24, 2.45) is 5.73 Å². The zero-order valence-electron chi connectivity index (χ0n) is 10.6. The Hall–Kier alpha value is -1.32. The summed E-state index contributed by atoms with van der Waals surface area (Å²) in [5, 5.41) is 0.468. The molecule has 0 aliphatic heterocycles. The van der Waals surface area contributed by atoms with E-state index in [9.17, 15) is 4.39 Å². The van der Waals surface area contributed by atoms with Crippen molar-refractivity contribution < 1.29 is 4.39 Å². The summed E-state index contributed by atoms with van der Waals surface area (Å²) in [5.41, 5.74) is 9.11. The van der Waals surface area contributed by atoms with Gasteiger partial charge in [0.05, 0.1) is 6.54 Å². The maximum absolute atomic E-state index is 13.8. The van der Waals surface area contributed by atoms with Crippen LogP contribution < -0.4 is 5.73 Å². The van der Waals surface area contributed by atoms with Gasteiger partial charge in [-0.1, -0.05) is 17.7 Å². The van der Waals surface area contributed by atoms with Crippen molar-refractivity contribution in [2.45, 2.75) is 31.8 Å². The molecule has 1 aromatic heterocycles. The van der Waals surface area contributed by atoms with Crippen LogP contribution in [0.1, 0.15) is 35.6 Å². The molecular weight excluding hydrogens is 263 g/mol. The van der Waals surface area contributed by atoms with Crippen molar-refractivity contribution >= 4 is 11.6 Å². The van der Waals surface area contributed by atoms with Gasteiger partial charge in [0.2, 0.25) is 0 Å². The Balaban J connectivity index is 1.92. The smallest absolute Gasteiger partial charge is 0.129 e. The first-order valence-electron chi connectivity index (χ1n) is 6.52. The average molecular weight is 279 g/mol. The molecule has 1 unspecified atom stereocenters. The molecule has 1 heterocycles. The van der Waals surface area contributed by atoms with E-state index in [4.69, 9.17) is 17.3 Å². The van der Waals surface area contributed by atoms with Crippen LogP contribution in [0.5, 0.6) is 0 Å². The van der Waals surface area contributed by atoms with E-state index in [0.717, 1.165) is 19.3 Å². The van der Waals surface area contributed by atoms with E-state index in [1.54, 1.807) is 12.1 Å².